The van der Waals surface area contributed by atoms with E-state index in [1.165, 1.54) is 0 Å². The lowest BCUT2D eigenvalue weighted by Gasteiger charge is -1.83. The van der Waals surface area contributed by atoms with Gasteiger partial charge >= 0.3 is 0 Å². The maximum atomic E-state index is 5.36. The first kappa shape index (κ1) is 16.1. The van der Waals surface area contributed by atoms with Gasteiger partial charge in [-0.15, -0.1) is 0 Å². The molecule has 0 aliphatic heterocycles. The van der Waals surface area contributed by atoms with Gasteiger partial charge in [-0.1, -0.05) is 35.8 Å². The van der Waals surface area contributed by atoms with E-state index in [-0.39, 0.29) is 17.1 Å². The van der Waals surface area contributed by atoms with Crippen LogP contribution in [0.4, 0.5) is 0 Å². The Kier molecular flexibility index (Phi) is 13.1. The zero-order valence-electron chi connectivity index (χ0n) is 5.67. The molecule has 1 rings (SSSR count). The van der Waals surface area contributed by atoms with Crippen LogP contribution in [0.3, 0.4) is 0 Å². The van der Waals surface area contributed by atoms with Gasteiger partial charge in [0, 0.05) is 0 Å². The molecule has 0 atom stereocenters. The summed E-state index contributed by atoms with van der Waals surface area (Å²) in [5.74, 6) is 0. The van der Waals surface area contributed by atoms with Gasteiger partial charge in [0.1, 0.15) is 7.85 Å². The molecule has 0 saturated heterocycles. The van der Waals surface area contributed by atoms with Gasteiger partial charge in [0.2, 0.25) is 0 Å². The van der Waals surface area contributed by atoms with Crippen LogP contribution in [-0.2, 0) is 0 Å². The summed E-state index contributed by atoms with van der Waals surface area (Å²) < 4.78 is 0. The van der Waals surface area contributed by atoms with Crippen molar-refractivity contribution in [2.24, 2.45) is 0 Å². The highest BCUT2D eigenvalue weighted by Crippen LogP contribution is 1.76. The molecule has 0 aromatic heterocycles. The predicted octanol–water partition coefficient (Wildman–Crippen LogP) is -1.01. The maximum Gasteiger partial charge on any atom is 0.113 e. The summed E-state index contributed by atoms with van der Waals surface area (Å²) in [6.07, 6.45) is 0. The standard InChI is InChI=1S/C6H5B.H3N.2H2O/c7-6-4-2-1-3-5-6;;;/h1-5H;1H3;2*1H2. The first-order valence-electron chi connectivity index (χ1n) is 2.20. The number of hydrogen-bond acceptors (Lipinski definition) is 1. The Hall–Kier alpha value is -0.835. The molecule has 0 bridgehead atoms. The highest BCUT2D eigenvalue weighted by molar-refractivity contribution is 6.32. The minimum Gasteiger partial charge on any atom is -0.412 e. The van der Waals surface area contributed by atoms with Gasteiger partial charge in [0.05, 0.1) is 0 Å². The van der Waals surface area contributed by atoms with Crippen LogP contribution in [0, 0.1) is 0 Å². The molecule has 0 aliphatic carbocycles. The summed E-state index contributed by atoms with van der Waals surface area (Å²) >= 11 is 0. The van der Waals surface area contributed by atoms with E-state index in [1.54, 1.807) is 0 Å². The van der Waals surface area contributed by atoms with Gasteiger partial charge in [-0.05, 0) is 0 Å². The van der Waals surface area contributed by atoms with E-state index in [2.05, 4.69) is 0 Å². The van der Waals surface area contributed by atoms with E-state index in [0.717, 1.165) is 5.46 Å². The number of rotatable bonds is 0. The third kappa shape index (κ3) is 5.30. The van der Waals surface area contributed by atoms with Gasteiger partial charge in [-0.25, -0.2) is 0 Å². The van der Waals surface area contributed by atoms with Crippen LogP contribution >= 0.6 is 0 Å². The predicted molar refractivity (Wildman–Crippen MR) is 44.1 cm³/mol. The van der Waals surface area contributed by atoms with Crippen molar-refractivity contribution in [3.05, 3.63) is 30.3 Å². The van der Waals surface area contributed by atoms with Gasteiger partial charge < -0.3 is 17.1 Å². The van der Waals surface area contributed by atoms with Gasteiger partial charge in [0.15, 0.2) is 0 Å². The molecule has 0 aliphatic rings. The Balaban J connectivity index is -0.000000163. The average molecular weight is 141 g/mol. The molecule has 0 saturated carbocycles. The monoisotopic (exact) mass is 141 g/mol. The zero-order valence-corrected chi connectivity index (χ0v) is 5.67. The summed E-state index contributed by atoms with van der Waals surface area (Å²) in [7, 11) is 5.36. The van der Waals surface area contributed by atoms with E-state index in [1.807, 2.05) is 30.3 Å². The molecule has 0 spiro atoms. The molecule has 4 heteroatoms. The van der Waals surface area contributed by atoms with Crippen molar-refractivity contribution in [2.75, 3.05) is 0 Å². The highest BCUT2D eigenvalue weighted by atomic mass is 16.0. The average Bonchev–Trinajstić information content (AvgIpc) is 1.69. The van der Waals surface area contributed by atoms with Crippen LogP contribution in [0.1, 0.15) is 0 Å². The van der Waals surface area contributed by atoms with Crippen LogP contribution in [0.5, 0.6) is 0 Å². The number of benzene rings is 1. The molecule has 0 heterocycles. The molecule has 10 heavy (non-hydrogen) atoms. The van der Waals surface area contributed by atoms with E-state index in [0.29, 0.717) is 0 Å². The Morgan fingerprint density at radius 1 is 0.900 bits per heavy atom. The number of hydrogen-bond donors (Lipinski definition) is 1. The fraction of sp³-hybridized carbons (Fsp3) is 0. The second-order valence-corrected chi connectivity index (χ2v) is 1.41. The SMILES string of the molecule is N.O.O.[B]c1ccccc1. The smallest absolute Gasteiger partial charge is 0.113 e. The van der Waals surface area contributed by atoms with Crippen LogP contribution < -0.4 is 11.6 Å². The lowest BCUT2D eigenvalue weighted by Crippen LogP contribution is -1.97. The highest BCUT2D eigenvalue weighted by Gasteiger charge is 1.71. The third-order valence-electron chi connectivity index (χ3n) is 0.800. The molecule has 56 valence electrons. The molecular weight excluding hydrogens is 129 g/mol. The quantitative estimate of drug-likeness (QED) is 0.460. The van der Waals surface area contributed by atoms with Crippen molar-refractivity contribution >= 4 is 13.3 Å². The van der Waals surface area contributed by atoms with Crippen molar-refractivity contribution in [3.63, 3.8) is 0 Å². The van der Waals surface area contributed by atoms with Crippen molar-refractivity contribution in [2.45, 2.75) is 0 Å². The zero-order chi connectivity index (χ0) is 5.11. The van der Waals surface area contributed by atoms with E-state index >= 15 is 0 Å². The van der Waals surface area contributed by atoms with Crippen molar-refractivity contribution < 1.29 is 11.0 Å². The molecule has 1 aromatic rings. The van der Waals surface area contributed by atoms with Gasteiger partial charge in [-0.3, -0.25) is 0 Å². The lowest BCUT2D eigenvalue weighted by atomic mass is 9.97. The molecular formula is C6H12BNO2. The summed E-state index contributed by atoms with van der Waals surface area (Å²) in [6.45, 7) is 0. The van der Waals surface area contributed by atoms with Crippen LogP contribution in [-0.4, -0.2) is 18.8 Å². The first-order chi connectivity index (χ1) is 3.39. The largest absolute Gasteiger partial charge is 0.412 e. The van der Waals surface area contributed by atoms with Crippen molar-refractivity contribution in [1.82, 2.24) is 6.15 Å². The molecule has 7 N–H and O–H groups in total. The molecule has 0 amide bonds. The van der Waals surface area contributed by atoms with E-state index in [9.17, 15) is 0 Å². The summed E-state index contributed by atoms with van der Waals surface area (Å²) in [4.78, 5) is 0. The fourth-order valence-corrected chi connectivity index (χ4v) is 0.453. The van der Waals surface area contributed by atoms with E-state index in [4.69, 9.17) is 7.85 Å². The van der Waals surface area contributed by atoms with Crippen LogP contribution in [0.15, 0.2) is 30.3 Å². The fourth-order valence-electron chi connectivity index (χ4n) is 0.453. The summed E-state index contributed by atoms with van der Waals surface area (Å²) in [6, 6.07) is 9.49. The van der Waals surface area contributed by atoms with E-state index < -0.39 is 0 Å². The minimum atomic E-state index is 0. The molecule has 3 nitrogen and oxygen atoms in total. The Morgan fingerprint density at radius 3 is 1.50 bits per heavy atom. The van der Waals surface area contributed by atoms with Crippen molar-refractivity contribution in [1.29, 1.82) is 0 Å². The van der Waals surface area contributed by atoms with Crippen LogP contribution in [0.2, 0.25) is 0 Å². The Morgan fingerprint density at radius 2 is 1.30 bits per heavy atom. The molecule has 1 aromatic carbocycles. The van der Waals surface area contributed by atoms with Crippen LogP contribution in [0.25, 0.3) is 0 Å². The second kappa shape index (κ2) is 8.16. The maximum absolute atomic E-state index is 5.36. The van der Waals surface area contributed by atoms with Gasteiger partial charge in [-0.2, -0.15) is 0 Å². The third-order valence-corrected chi connectivity index (χ3v) is 0.800. The van der Waals surface area contributed by atoms with Gasteiger partial charge in [0.25, 0.3) is 0 Å². The second-order valence-electron chi connectivity index (χ2n) is 1.41. The normalized spacial score (nSPS) is 6.00. The molecule has 2 radical (unpaired) electrons. The molecule has 0 fully saturated rings. The Labute approximate surface area is 61.7 Å². The molecule has 0 unspecified atom stereocenters. The summed E-state index contributed by atoms with van der Waals surface area (Å²) in [5, 5.41) is 0. The van der Waals surface area contributed by atoms with Crippen molar-refractivity contribution in [3.8, 4) is 0 Å². The topological polar surface area (TPSA) is 98.0 Å². The minimum absolute atomic E-state index is 0. The summed E-state index contributed by atoms with van der Waals surface area (Å²) in [5.41, 5.74) is 0.822. The first-order valence-corrected chi connectivity index (χ1v) is 2.20. The Bertz CT molecular complexity index is 146. The lowest BCUT2D eigenvalue weighted by molar-refractivity contribution is 0.823.